The van der Waals surface area contributed by atoms with Crippen molar-refractivity contribution in [3.05, 3.63) is 66.8 Å². The van der Waals surface area contributed by atoms with Gasteiger partial charge in [0, 0.05) is 19.0 Å². The molecule has 3 rings (SSSR count). The van der Waals surface area contributed by atoms with Gasteiger partial charge in [0.1, 0.15) is 4.33 Å². The van der Waals surface area contributed by atoms with Crippen molar-refractivity contribution in [3.8, 4) is 0 Å². The molecule has 0 N–H and O–H groups in total. The molecule has 0 radical (unpaired) electrons. The molecule has 1 aliphatic carbocycles. The normalized spacial score (nSPS) is 20.0. The quantitative estimate of drug-likeness (QED) is 0.246. The summed E-state index contributed by atoms with van der Waals surface area (Å²) in [6.07, 6.45) is 0. The van der Waals surface area contributed by atoms with E-state index in [-0.39, 0.29) is 25.0 Å². The summed E-state index contributed by atoms with van der Waals surface area (Å²) in [6, 6.07) is 14.3. The Labute approximate surface area is 194 Å². The van der Waals surface area contributed by atoms with E-state index < -0.39 is 16.3 Å². The maximum absolute atomic E-state index is 12.2. The van der Waals surface area contributed by atoms with Crippen LogP contribution in [0, 0.1) is 19.0 Å². The summed E-state index contributed by atoms with van der Waals surface area (Å²) in [7, 11) is 0. The first-order valence-electron chi connectivity index (χ1n) is 8.03. The molecule has 2 unspecified atom stereocenters. The maximum Gasteiger partial charge on any atom is 0.339 e. The van der Waals surface area contributed by atoms with Crippen LogP contribution < -0.4 is 0 Å². The Morgan fingerprint density at radius 1 is 0.815 bits per heavy atom. The van der Waals surface area contributed by atoms with Crippen LogP contribution in [0.5, 0.6) is 0 Å². The zero-order valence-electron chi connectivity index (χ0n) is 13.8. The third-order valence-corrected chi connectivity index (χ3v) is 7.34. The number of halogens is 4. The van der Waals surface area contributed by atoms with Gasteiger partial charge in [0.05, 0.1) is 24.3 Å². The second-order valence-corrected chi connectivity index (χ2v) is 9.81. The summed E-state index contributed by atoms with van der Waals surface area (Å²) in [4.78, 5) is 24.4. The highest BCUT2D eigenvalue weighted by Crippen LogP contribution is 2.59. The van der Waals surface area contributed by atoms with Gasteiger partial charge in [-0.2, -0.15) is 0 Å². The molecule has 0 amide bonds. The van der Waals surface area contributed by atoms with Crippen molar-refractivity contribution in [2.45, 2.75) is 4.33 Å². The molecule has 27 heavy (non-hydrogen) atoms. The third-order valence-electron chi connectivity index (χ3n) is 4.34. The molecule has 8 heteroatoms. The number of ether oxygens (including phenoxy) is 2. The second-order valence-electron chi connectivity index (χ2n) is 6.04. The van der Waals surface area contributed by atoms with Gasteiger partial charge < -0.3 is 9.47 Å². The summed E-state index contributed by atoms with van der Waals surface area (Å²) < 4.78 is 11.2. The summed E-state index contributed by atoms with van der Waals surface area (Å²) >= 11 is 16.7. The van der Waals surface area contributed by atoms with Gasteiger partial charge in [-0.25, -0.2) is 9.59 Å². The van der Waals surface area contributed by atoms with Crippen molar-refractivity contribution in [3.63, 3.8) is 0 Å². The lowest BCUT2D eigenvalue weighted by Gasteiger charge is -2.07. The summed E-state index contributed by atoms with van der Waals surface area (Å²) in [5, 5.41) is 0. The van der Waals surface area contributed by atoms with Crippen LogP contribution in [0.4, 0.5) is 0 Å². The van der Waals surface area contributed by atoms with E-state index in [0.717, 1.165) is 7.14 Å². The lowest BCUT2D eigenvalue weighted by molar-refractivity contribution is 0.0418. The number of rotatable bonds is 6. The molecular formula is C19H14Cl2I2O4. The minimum absolute atomic E-state index is 0.0713. The van der Waals surface area contributed by atoms with E-state index >= 15 is 0 Å². The predicted octanol–water partition coefficient (Wildman–Crippen LogP) is 5.33. The van der Waals surface area contributed by atoms with Crippen LogP contribution in [-0.2, 0) is 9.47 Å². The Morgan fingerprint density at radius 2 is 1.19 bits per heavy atom. The molecule has 0 bridgehead atoms. The van der Waals surface area contributed by atoms with Gasteiger partial charge in [0.25, 0.3) is 0 Å². The van der Waals surface area contributed by atoms with Crippen LogP contribution in [0.25, 0.3) is 0 Å². The van der Waals surface area contributed by atoms with Gasteiger partial charge in [-0.3, -0.25) is 0 Å². The monoisotopic (exact) mass is 630 g/mol. The topological polar surface area (TPSA) is 52.6 Å². The minimum Gasteiger partial charge on any atom is -0.462 e. The number of hydrogen-bond donors (Lipinski definition) is 0. The molecule has 4 nitrogen and oxygen atoms in total. The number of carbonyl (C=O) groups excluding carboxylic acids is 2. The summed E-state index contributed by atoms with van der Waals surface area (Å²) in [5.74, 6) is -1.42. The van der Waals surface area contributed by atoms with E-state index in [1.807, 2.05) is 24.3 Å². The average Bonchev–Trinajstić information content (AvgIpc) is 3.17. The van der Waals surface area contributed by atoms with Gasteiger partial charge in [0.2, 0.25) is 0 Å². The van der Waals surface area contributed by atoms with Crippen LogP contribution in [0.3, 0.4) is 0 Å². The first kappa shape index (κ1) is 21.1. The van der Waals surface area contributed by atoms with Crippen LogP contribution in [0.15, 0.2) is 48.5 Å². The van der Waals surface area contributed by atoms with Gasteiger partial charge in [0.15, 0.2) is 0 Å². The van der Waals surface area contributed by atoms with Crippen molar-refractivity contribution in [2.24, 2.45) is 11.8 Å². The molecular weight excluding hydrogens is 617 g/mol. The number of carbonyl (C=O) groups is 2. The Morgan fingerprint density at radius 3 is 1.56 bits per heavy atom. The van der Waals surface area contributed by atoms with E-state index in [9.17, 15) is 9.59 Å². The first-order valence-corrected chi connectivity index (χ1v) is 10.9. The fourth-order valence-corrected chi connectivity index (χ4v) is 4.60. The Balaban J connectivity index is 1.53. The third kappa shape index (κ3) is 4.89. The zero-order chi connectivity index (χ0) is 19.6. The smallest absolute Gasteiger partial charge is 0.339 e. The fourth-order valence-electron chi connectivity index (χ4n) is 2.66. The number of esters is 2. The highest BCUT2D eigenvalue weighted by atomic mass is 127. The van der Waals surface area contributed by atoms with Gasteiger partial charge in [-0.15, -0.1) is 23.2 Å². The molecule has 0 aromatic heterocycles. The van der Waals surface area contributed by atoms with Crippen molar-refractivity contribution in [1.29, 1.82) is 0 Å². The lowest BCUT2D eigenvalue weighted by atomic mass is 10.2. The van der Waals surface area contributed by atoms with Crippen LogP contribution in [0.2, 0.25) is 0 Å². The zero-order valence-corrected chi connectivity index (χ0v) is 19.7. The fraction of sp³-hybridized carbons (Fsp3) is 0.263. The molecule has 142 valence electrons. The van der Waals surface area contributed by atoms with Gasteiger partial charge in [-0.1, -0.05) is 24.3 Å². The molecule has 2 aromatic carbocycles. The molecule has 1 aliphatic rings. The van der Waals surface area contributed by atoms with E-state index in [4.69, 9.17) is 32.7 Å². The van der Waals surface area contributed by atoms with Crippen molar-refractivity contribution in [1.82, 2.24) is 0 Å². The molecule has 2 aromatic rings. The molecule has 0 saturated heterocycles. The lowest BCUT2D eigenvalue weighted by Crippen LogP contribution is -2.12. The van der Waals surface area contributed by atoms with Gasteiger partial charge in [-0.05, 0) is 69.4 Å². The van der Waals surface area contributed by atoms with Crippen LogP contribution in [0.1, 0.15) is 20.7 Å². The molecule has 0 spiro atoms. The highest BCUT2D eigenvalue weighted by Gasteiger charge is 2.64. The molecule has 2 atom stereocenters. The Hall–Kier alpha value is -0.580. The Bertz CT molecular complexity index is 803. The molecule has 0 heterocycles. The van der Waals surface area contributed by atoms with Crippen LogP contribution in [-0.4, -0.2) is 29.5 Å². The summed E-state index contributed by atoms with van der Waals surface area (Å²) in [6.45, 7) is 0.143. The van der Waals surface area contributed by atoms with Gasteiger partial charge >= 0.3 is 11.9 Å². The molecule has 0 aliphatic heterocycles. The predicted molar refractivity (Wildman–Crippen MR) is 120 cm³/mol. The minimum atomic E-state index is -1.08. The highest BCUT2D eigenvalue weighted by molar-refractivity contribution is 14.1. The van der Waals surface area contributed by atoms with E-state index in [1.165, 1.54) is 0 Å². The van der Waals surface area contributed by atoms with E-state index in [0.29, 0.717) is 11.1 Å². The number of benzene rings is 2. The van der Waals surface area contributed by atoms with E-state index in [2.05, 4.69) is 45.2 Å². The second kappa shape index (κ2) is 8.84. The van der Waals surface area contributed by atoms with Crippen molar-refractivity contribution >= 4 is 80.3 Å². The van der Waals surface area contributed by atoms with E-state index in [1.54, 1.807) is 24.3 Å². The number of alkyl halides is 2. The molecule has 1 saturated carbocycles. The van der Waals surface area contributed by atoms with Crippen LogP contribution >= 0.6 is 68.4 Å². The maximum atomic E-state index is 12.2. The van der Waals surface area contributed by atoms with Crippen molar-refractivity contribution < 1.29 is 19.1 Å². The molecule has 1 fully saturated rings. The van der Waals surface area contributed by atoms with Crippen molar-refractivity contribution in [2.75, 3.05) is 13.2 Å². The Kier molecular flexibility index (Phi) is 6.92. The largest absolute Gasteiger partial charge is 0.462 e. The standard InChI is InChI=1S/C19H14Cl2I2O4/c20-19(21)13(9-26-17(24)11-5-1-3-7-15(11)22)14(19)10-27-18(25)12-6-2-4-8-16(12)23/h1-8,13-14H,9-10H2. The SMILES string of the molecule is O=C(OCC1C(COC(=O)c2ccccc2I)C1(Cl)Cl)c1ccccc1I. The number of hydrogen-bond acceptors (Lipinski definition) is 4. The average molecular weight is 631 g/mol. The first-order chi connectivity index (χ1) is 12.8. The summed E-state index contributed by atoms with van der Waals surface area (Å²) in [5.41, 5.74) is 0.991.